The van der Waals surface area contributed by atoms with E-state index in [1.54, 1.807) is 5.57 Å². The Hall–Kier alpha value is -0.820. The van der Waals surface area contributed by atoms with E-state index in [2.05, 4.69) is 4.98 Å². The van der Waals surface area contributed by atoms with Crippen LogP contribution in [0.2, 0.25) is 0 Å². The van der Waals surface area contributed by atoms with E-state index in [0.717, 1.165) is 34.4 Å². The second kappa shape index (κ2) is 4.09. The van der Waals surface area contributed by atoms with Crippen molar-refractivity contribution in [3.63, 3.8) is 0 Å². The maximum Gasteiger partial charge on any atom is 0.0815 e. The van der Waals surface area contributed by atoms with Crippen LogP contribution in [-0.2, 0) is 0 Å². The van der Waals surface area contributed by atoms with Gasteiger partial charge >= 0.3 is 0 Å². The second-order valence-corrected chi connectivity index (χ2v) is 6.67. The van der Waals surface area contributed by atoms with Crippen molar-refractivity contribution in [2.24, 2.45) is 23.7 Å². The van der Waals surface area contributed by atoms with Crippen molar-refractivity contribution >= 4 is 16.6 Å². The predicted molar refractivity (Wildman–Crippen MR) is 74.1 cm³/mol. The molecule has 0 radical (unpaired) electrons. The lowest BCUT2D eigenvalue weighted by Gasteiger charge is -2.51. The molecular formula is C16H18ClN. The maximum absolute atomic E-state index is 6.67. The summed E-state index contributed by atoms with van der Waals surface area (Å²) in [5.74, 6) is 3.50. The van der Waals surface area contributed by atoms with E-state index >= 15 is 0 Å². The summed E-state index contributed by atoms with van der Waals surface area (Å²) in [6, 6.07) is 6.02. The molecule has 0 saturated heterocycles. The van der Waals surface area contributed by atoms with Crippen molar-refractivity contribution in [3.05, 3.63) is 35.7 Å². The van der Waals surface area contributed by atoms with Gasteiger partial charge in [-0.15, -0.1) is 0 Å². The maximum atomic E-state index is 6.67. The number of pyridine rings is 1. The van der Waals surface area contributed by atoms with Crippen molar-refractivity contribution in [3.8, 4) is 0 Å². The van der Waals surface area contributed by atoms with E-state index in [4.69, 9.17) is 11.6 Å². The smallest absolute Gasteiger partial charge is 0.0815 e. The molecule has 5 rings (SSSR count). The fourth-order valence-corrected chi connectivity index (χ4v) is 5.11. The molecule has 4 aliphatic rings. The van der Waals surface area contributed by atoms with Crippen molar-refractivity contribution < 1.29 is 0 Å². The number of nitrogens with zero attached hydrogens (tertiary/aromatic N) is 1. The number of allylic oxidation sites excluding steroid dienone is 1. The van der Waals surface area contributed by atoms with Gasteiger partial charge in [0.1, 0.15) is 0 Å². The minimum absolute atomic E-state index is 0.760. The van der Waals surface area contributed by atoms with Crippen LogP contribution in [0.5, 0.6) is 0 Å². The average Bonchev–Trinajstić information content (AvgIpc) is 2.38. The summed E-state index contributed by atoms with van der Waals surface area (Å²) >= 11 is 6.67. The van der Waals surface area contributed by atoms with Crippen LogP contribution in [0.1, 0.15) is 37.8 Å². The molecule has 4 fully saturated rings. The summed E-state index contributed by atoms with van der Waals surface area (Å²) in [5.41, 5.74) is 2.52. The zero-order valence-electron chi connectivity index (χ0n) is 10.5. The quantitative estimate of drug-likeness (QED) is 0.724. The summed E-state index contributed by atoms with van der Waals surface area (Å²) in [5, 5.41) is 0.962. The summed E-state index contributed by atoms with van der Waals surface area (Å²) < 4.78 is 0. The molecule has 1 heterocycles. The van der Waals surface area contributed by atoms with E-state index in [0.29, 0.717) is 0 Å². The van der Waals surface area contributed by atoms with Gasteiger partial charge in [-0.05, 0) is 73.5 Å². The number of rotatable bonds is 1. The molecule has 94 valence electrons. The highest BCUT2D eigenvalue weighted by molar-refractivity contribution is 6.49. The van der Waals surface area contributed by atoms with Crippen LogP contribution < -0.4 is 0 Å². The fraction of sp³-hybridized carbons (Fsp3) is 0.562. The van der Waals surface area contributed by atoms with E-state index in [9.17, 15) is 0 Å². The second-order valence-electron chi connectivity index (χ2n) is 6.29. The van der Waals surface area contributed by atoms with Gasteiger partial charge < -0.3 is 0 Å². The Morgan fingerprint density at radius 1 is 1.00 bits per heavy atom. The number of halogens is 1. The summed E-state index contributed by atoms with van der Waals surface area (Å²) in [7, 11) is 0. The van der Waals surface area contributed by atoms with Gasteiger partial charge in [-0.2, -0.15) is 0 Å². The molecule has 4 bridgehead atoms. The molecule has 4 saturated carbocycles. The van der Waals surface area contributed by atoms with Gasteiger partial charge in [0.2, 0.25) is 0 Å². The van der Waals surface area contributed by atoms with E-state index in [1.165, 1.54) is 32.1 Å². The average molecular weight is 260 g/mol. The molecule has 0 aromatic carbocycles. The predicted octanol–water partition coefficient (Wildman–Crippen LogP) is 4.49. The standard InChI is InChI=1S/C16H18ClN/c17-16(14-3-1-2-4-18-14)15-12-6-10-5-11(8-12)9-13(15)7-10/h1-4,10-13H,5-9H2. The highest BCUT2D eigenvalue weighted by Gasteiger charge is 2.46. The Kier molecular flexibility index (Phi) is 2.51. The molecule has 0 aliphatic heterocycles. The Morgan fingerprint density at radius 2 is 1.67 bits per heavy atom. The largest absolute Gasteiger partial charge is 0.255 e. The van der Waals surface area contributed by atoms with Gasteiger partial charge in [0.05, 0.1) is 10.7 Å². The molecule has 4 aliphatic carbocycles. The monoisotopic (exact) mass is 259 g/mol. The first-order valence-corrected chi connectivity index (χ1v) is 7.50. The molecule has 1 aromatic rings. The van der Waals surface area contributed by atoms with Gasteiger partial charge in [-0.3, -0.25) is 4.98 Å². The molecule has 0 spiro atoms. The molecule has 0 amide bonds. The van der Waals surface area contributed by atoms with Gasteiger partial charge in [-0.25, -0.2) is 0 Å². The normalized spacial score (nSPS) is 37.1. The fourth-order valence-electron chi connectivity index (χ4n) is 4.69. The number of aromatic nitrogens is 1. The number of hydrogen-bond donors (Lipinski definition) is 0. The van der Waals surface area contributed by atoms with E-state index < -0.39 is 0 Å². The Morgan fingerprint density at radius 3 is 2.22 bits per heavy atom. The first kappa shape index (κ1) is 11.0. The van der Waals surface area contributed by atoms with E-state index in [1.807, 2.05) is 24.4 Å². The first-order chi connectivity index (χ1) is 8.81. The Balaban J connectivity index is 1.76. The van der Waals surface area contributed by atoms with Gasteiger partial charge in [-0.1, -0.05) is 17.7 Å². The SMILES string of the molecule is ClC(=C1C2CC3CC(C2)CC1C3)c1ccccn1. The minimum Gasteiger partial charge on any atom is -0.255 e. The van der Waals surface area contributed by atoms with Crippen LogP contribution in [0.4, 0.5) is 0 Å². The van der Waals surface area contributed by atoms with E-state index in [-0.39, 0.29) is 0 Å². The van der Waals surface area contributed by atoms with Gasteiger partial charge in [0, 0.05) is 6.20 Å². The van der Waals surface area contributed by atoms with Crippen molar-refractivity contribution in [2.75, 3.05) is 0 Å². The van der Waals surface area contributed by atoms with Crippen LogP contribution in [0.3, 0.4) is 0 Å². The molecule has 2 heteroatoms. The first-order valence-electron chi connectivity index (χ1n) is 7.12. The highest BCUT2D eigenvalue weighted by Crippen LogP contribution is 2.58. The Labute approximate surface area is 113 Å². The molecule has 0 N–H and O–H groups in total. The zero-order chi connectivity index (χ0) is 12.1. The lowest BCUT2D eigenvalue weighted by atomic mass is 9.54. The van der Waals surface area contributed by atoms with Crippen molar-refractivity contribution in [1.29, 1.82) is 0 Å². The lowest BCUT2D eigenvalue weighted by Crippen LogP contribution is -2.40. The molecule has 0 unspecified atom stereocenters. The summed E-state index contributed by atoms with van der Waals surface area (Å²) in [6.45, 7) is 0. The molecule has 18 heavy (non-hydrogen) atoms. The molecule has 0 atom stereocenters. The highest BCUT2D eigenvalue weighted by atomic mass is 35.5. The van der Waals surface area contributed by atoms with Gasteiger partial charge in [0.15, 0.2) is 0 Å². The molecule has 1 aromatic heterocycles. The Bertz CT molecular complexity index is 461. The van der Waals surface area contributed by atoms with Crippen LogP contribution in [0, 0.1) is 23.7 Å². The third-order valence-corrected chi connectivity index (χ3v) is 5.57. The third kappa shape index (κ3) is 1.64. The minimum atomic E-state index is 0.760. The topological polar surface area (TPSA) is 12.9 Å². The third-order valence-electron chi connectivity index (χ3n) is 5.16. The van der Waals surface area contributed by atoms with Crippen LogP contribution in [0.15, 0.2) is 30.0 Å². The molecular weight excluding hydrogens is 242 g/mol. The van der Waals surface area contributed by atoms with Crippen molar-refractivity contribution in [2.45, 2.75) is 32.1 Å². The summed E-state index contributed by atoms with van der Waals surface area (Å²) in [6.07, 6.45) is 8.85. The zero-order valence-corrected chi connectivity index (χ0v) is 11.2. The van der Waals surface area contributed by atoms with Crippen LogP contribution >= 0.6 is 11.6 Å². The molecule has 1 nitrogen and oxygen atoms in total. The van der Waals surface area contributed by atoms with Gasteiger partial charge in [0.25, 0.3) is 0 Å². The summed E-state index contributed by atoms with van der Waals surface area (Å²) in [4.78, 5) is 4.42. The number of hydrogen-bond acceptors (Lipinski definition) is 1. The van der Waals surface area contributed by atoms with Crippen molar-refractivity contribution in [1.82, 2.24) is 4.98 Å². The van der Waals surface area contributed by atoms with Crippen LogP contribution in [-0.4, -0.2) is 4.98 Å². The van der Waals surface area contributed by atoms with Crippen LogP contribution in [0.25, 0.3) is 5.03 Å². The lowest BCUT2D eigenvalue weighted by molar-refractivity contribution is 0.0707.